The molecule has 2 aromatic carbocycles. The van der Waals surface area contributed by atoms with E-state index in [4.69, 9.17) is 0 Å². The Morgan fingerprint density at radius 2 is 1.83 bits per heavy atom. The number of hydrogen-bond acceptors (Lipinski definition) is 7. The molecule has 1 aliphatic rings. The SMILES string of the molecule is Cc1ccc(S(=O)(=O)n2c(C(=O)C(C#N)=CN(C)C)cc3cc(F)c(N4CCCS4(=O)=O)cc32)cc1. The van der Waals surface area contributed by atoms with Gasteiger partial charge in [0.25, 0.3) is 10.0 Å². The van der Waals surface area contributed by atoms with Crippen molar-refractivity contribution in [2.75, 3.05) is 30.7 Å². The number of nitriles is 1. The van der Waals surface area contributed by atoms with Gasteiger partial charge in [-0.25, -0.2) is 25.2 Å². The Labute approximate surface area is 208 Å². The molecule has 1 aliphatic heterocycles. The highest BCUT2D eigenvalue weighted by molar-refractivity contribution is 7.93. The number of ketones is 1. The Morgan fingerprint density at radius 3 is 2.39 bits per heavy atom. The molecular weight excluding hydrogens is 507 g/mol. The van der Waals surface area contributed by atoms with E-state index in [0.29, 0.717) is 6.42 Å². The van der Waals surface area contributed by atoms with Crippen molar-refractivity contribution in [1.82, 2.24) is 8.87 Å². The first-order valence-corrected chi connectivity index (χ1v) is 13.9. The Morgan fingerprint density at radius 1 is 1.17 bits per heavy atom. The number of anilines is 1. The van der Waals surface area contributed by atoms with Gasteiger partial charge in [-0.05, 0) is 43.7 Å². The van der Waals surface area contributed by atoms with Gasteiger partial charge in [0.2, 0.25) is 15.8 Å². The van der Waals surface area contributed by atoms with Crippen LogP contribution in [0.2, 0.25) is 0 Å². The Hall–Kier alpha value is -3.69. The van der Waals surface area contributed by atoms with Gasteiger partial charge in [0.1, 0.15) is 23.2 Å². The first-order chi connectivity index (χ1) is 16.9. The van der Waals surface area contributed by atoms with Gasteiger partial charge in [0, 0.05) is 32.2 Å². The maximum Gasteiger partial charge on any atom is 0.268 e. The fraction of sp³-hybridized carbons (Fsp3) is 0.250. The molecule has 1 saturated heterocycles. The highest BCUT2D eigenvalue weighted by Gasteiger charge is 2.33. The first kappa shape index (κ1) is 25.4. The number of Topliss-reactive ketones (excluding diaryl/α,β-unsaturated/α-hetero) is 1. The Balaban J connectivity index is 2.06. The van der Waals surface area contributed by atoms with E-state index in [-0.39, 0.29) is 45.1 Å². The minimum absolute atomic E-state index is 0.0477. The predicted molar refractivity (Wildman–Crippen MR) is 133 cm³/mol. The molecular formula is C24H23FN4O5S2. The maximum absolute atomic E-state index is 15.1. The number of hydrogen-bond donors (Lipinski definition) is 0. The Kier molecular flexibility index (Phi) is 6.40. The van der Waals surface area contributed by atoms with Crippen LogP contribution in [0, 0.1) is 24.1 Å². The second kappa shape index (κ2) is 9.07. The number of rotatable bonds is 6. The van der Waals surface area contributed by atoms with Crippen LogP contribution in [0.5, 0.6) is 0 Å². The summed E-state index contributed by atoms with van der Waals surface area (Å²) in [5.74, 6) is -1.91. The molecule has 0 aliphatic carbocycles. The average Bonchev–Trinajstić information content (AvgIpc) is 3.35. The molecule has 1 aromatic heterocycles. The number of aromatic nitrogens is 1. The second-order valence-corrected chi connectivity index (χ2v) is 12.5. The third-order valence-corrected chi connectivity index (χ3v) is 9.34. The summed E-state index contributed by atoms with van der Waals surface area (Å²) in [5, 5.41) is 9.62. The zero-order valence-corrected chi connectivity index (χ0v) is 21.4. The minimum Gasteiger partial charge on any atom is -0.382 e. The second-order valence-electron chi connectivity index (χ2n) is 8.66. The first-order valence-electron chi connectivity index (χ1n) is 10.9. The fourth-order valence-corrected chi connectivity index (χ4v) is 7.13. The predicted octanol–water partition coefficient (Wildman–Crippen LogP) is 3.02. The third kappa shape index (κ3) is 4.36. The molecule has 1 fully saturated rings. The van der Waals surface area contributed by atoms with E-state index in [2.05, 4.69) is 0 Å². The summed E-state index contributed by atoms with van der Waals surface area (Å²) < 4.78 is 69.3. The number of aryl methyl sites for hydroxylation is 1. The molecule has 0 bridgehead atoms. The monoisotopic (exact) mass is 530 g/mol. The van der Waals surface area contributed by atoms with Crippen molar-refractivity contribution in [2.45, 2.75) is 18.2 Å². The summed E-state index contributed by atoms with van der Waals surface area (Å²) in [4.78, 5) is 14.7. The van der Waals surface area contributed by atoms with Crippen molar-refractivity contribution < 1.29 is 26.0 Å². The number of allylic oxidation sites excluding steroid dienone is 1. The van der Waals surface area contributed by atoms with Crippen molar-refractivity contribution in [3.63, 3.8) is 0 Å². The van der Waals surface area contributed by atoms with E-state index in [0.717, 1.165) is 26.0 Å². The van der Waals surface area contributed by atoms with Crippen LogP contribution in [0.25, 0.3) is 10.9 Å². The molecule has 12 heteroatoms. The zero-order valence-electron chi connectivity index (χ0n) is 19.8. The van der Waals surface area contributed by atoms with Crippen LogP contribution >= 0.6 is 0 Å². The Bertz CT molecular complexity index is 1670. The number of benzene rings is 2. The van der Waals surface area contributed by atoms with Crippen molar-refractivity contribution in [2.24, 2.45) is 0 Å². The van der Waals surface area contributed by atoms with Gasteiger partial charge < -0.3 is 4.90 Å². The number of carbonyl (C=O) groups is 1. The van der Waals surface area contributed by atoms with Gasteiger partial charge in [0.15, 0.2) is 0 Å². The molecule has 2 heterocycles. The quantitative estimate of drug-likeness (QED) is 0.273. The van der Waals surface area contributed by atoms with Crippen LogP contribution in [0.3, 0.4) is 0 Å². The van der Waals surface area contributed by atoms with E-state index < -0.39 is 31.6 Å². The minimum atomic E-state index is -4.41. The van der Waals surface area contributed by atoms with Crippen molar-refractivity contribution in [1.29, 1.82) is 5.26 Å². The summed E-state index contributed by atoms with van der Waals surface area (Å²) in [6, 6.07) is 11.0. The van der Waals surface area contributed by atoms with Gasteiger partial charge in [-0.3, -0.25) is 9.10 Å². The van der Waals surface area contributed by atoms with Gasteiger partial charge >= 0.3 is 0 Å². The molecule has 3 aromatic rings. The van der Waals surface area contributed by atoms with E-state index in [1.807, 2.05) is 0 Å². The van der Waals surface area contributed by atoms with Crippen LogP contribution in [0.4, 0.5) is 10.1 Å². The number of carbonyl (C=O) groups excluding carboxylic acids is 1. The summed E-state index contributed by atoms with van der Waals surface area (Å²) >= 11 is 0. The van der Waals surface area contributed by atoms with E-state index in [9.17, 15) is 26.9 Å². The molecule has 4 rings (SSSR count). The molecule has 36 heavy (non-hydrogen) atoms. The van der Waals surface area contributed by atoms with Crippen LogP contribution in [-0.2, 0) is 20.0 Å². The van der Waals surface area contributed by atoms with Gasteiger partial charge in [0.05, 0.1) is 21.9 Å². The smallest absolute Gasteiger partial charge is 0.268 e. The van der Waals surface area contributed by atoms with Gasteiger partial charge in [-0.2, -0.15) is 5.26 Å². The molecule has 0 saturated carbocycles. The van der Waals surface area contributed by atoms with Crippen molar-refractivity contribution >= 4 is 42.4 Å². The van der Waals surface area contributed by atoms with Crippen LogP contribution < -0.4 is 4.31 Å². The molecule has 0 atom stereocenters. The van der Waals surface area contributed by atoms with Gasteiger partial charge in [-0.1, -0.05) is 17.7 Å². The zero-order chi connectivity index (χ0) is 26.4. The standard InChI is InChI=1S/C24H23FN4O5S2/c1-16-5-7-19(8-6-16)36(33,34)29-21-13-22(28-9-4-10-35(28,31)32)20(25)11-17(21)12-23(29)24(30)18(14-26)15-27(2)3/h5-8,11-13,15H,4,9-10H2,1-3H3. The molecule has 0 N–H and O–H groups in total. The van der Waals surface area contributed by atoms with Crippen molar-refractivity contribution in [3.8, 4) is 6.07 Å². The number of nitrogens with zero attached hydrogens (tertiary/aromatic N) is 4. The van der Waals surface area contributed by atoms with E-state index in [1.54, 1.807) is 39.2 Å². The lowest BCUT2D eigenvalue weighted by Gasteiger charge is -2.18. The summed E-state index contributed by atoms with van der Waals surface area (Å²) in [6.07, 6.45) is 1.55. The van der Waals surface area contributed by atoms with E-state index >= 15 is 4.39 Å². The molecule has 9 nitrogen and oxygen atoms in total. The molecule has 0 radical (unpaired) electrons. The van der Waals surface area contributed by atoms with Crippen LogP contribution in [-0.4, -0.2) is 57.9 Å². The summed E-state index contributed by atoms with van der Waals surface area (Å²) in [5.41, 5.74) is -0.278. The molecule has 188 valence electrons. The highest BCUT2D eigenvalue weighted by atomic mass is 32.2. The maximum atomic E-state index is 15.1. The lowest BCUT2D eigenvalue weighted by Crippen LogP contribution is -2.26. The lowest BCUT2D eigenvalue weighted by molar-refractivity contribution is 0.103. The number of fused-ring (bicyclic) bond motifs is 1. The summed E-state index contributed by atoms with van der Waals surface area (Å²) in [7, 11) is -4.98. The molecule has 0 amide bonds. The largest absolute Gasteiger partial charge is 0.382 e. The third-order valence-electron chi connectivity index (χ3n) is 5.74. The van der Waals surface area contributed by atoms with Crippen LogP contribution in [0.15, 0.2) is 59.1 Å². The summed E-state index contributed by atoms with van der Waals surface area (Å²) in [6.45, 7) is 1.83. The van der Waals surface area contributed by atoms with Crippen LogP contribution in [0.1, 0.15) is 22.5 Å². The number of halogens is 1. The highest BCUT2D eigenvalue weighted by Crippen LogP contribution is 2.34. The van der Waals surface area contributed by atoms with Crippen molar-refractivity contribution in [3.05, 3.63) is 71.3 Å². The van der Waals surface area contributed by atoms with Gasteiger partial charge in [-0.15, -0.1) is 0 Å². The number of sulfonamides is 1. The average molecular weight is 531 g/mol. The molecule has 0 spiro atoms. The van der Waals surface area contributed by atoms with E-state index in [1.165, 1.54) is 29.3 Å². The molecule has 0 unspecified atom stereocenters. The lowest BCUT2D eigenvalue weighted by atomic mass is 10.1. The fourth-order valence-electron chi connectivity index (χ4n) is 4.06. The topological polar surface area (TPSA) is 121 Å². The normalized spacial score (nSPS) is 15.8.